The summed E-state index contributed by atoms with van der Waals surface area (Å²) in [5, 5.41) is 8.57. The zero-order valence-electron chi connectivity index (χ0n) is 21.5. The van der Waals surface area contributed by atoms with Crippen molar-refractivity contribution in [2.75, 3.05) is 13.1 Å². The van der Waals surface area contributed by atoms with Gasteiger partial charge in [0.05, 0.1) is 23.0 Å². The van der Waals surface area contributed by atoms with E-state index in [1.807, 2.05) is 32.4 Å². The van der Waals surface area contributed by atoms with Crippen molar-refractivity contribution < 1.29 is 27.4 Å². The maximum absolute atomic E-state index is 13.2. The zero-order valence-corrected chi connectivity index (χ0v) is 21.5. The number of hydrogen-bond acceptors (Lipinski definition) is 6. The van der Waals surface area contributed by atoms with Gasteiger partial charge in [0.25, 0.3) is 0 Å². The predicted octanol–water partition coefficient (Wildman–Crippen LogP) is 6.34. The summed E-state index contributed by atoms with van der Waals surface area (Å²) >= 11 is 0. The number of aromatic nitrogens is 4. The Hall–Kier alpha value is -3.63. The molecule has 0 spiro atoms. The minimum Gasteiger partial charge on any atom is -0.444 e. The molecular formula is C26H30F3N5O3. The molecule has 0 atom stereocenters. The molecule has 1 saturated heterocycles. The molecule has 4 rings (SSSR count). The first-order chi connectivity index (χ1) is 17.3. The summed E-state index contributed by atoms with van der Waals surface area (Å²) in [6.07, 6.45) is -3.49. The molecule has 1 aromatic carbocycles. The number of pyridine rings is 1. The van der Waals surface area contributed by atoms with Crippen LogP contribution in [0.1, 0.15) is 56.5 Å². The molecule has 11 heteroatoms. The van der Waals surface area contributed by atoms with Crippen LogP contribution in [0.4, 0.5) is 18.0 Å². The van der Waals surface area contributed by atoms with Crippen LogP contribution in [0.2, 0.25) is 0 Å². The number of piperidine rings is 1. The summed E-state index contributed by atoms with van der Waals surface area (Å²) < 4.78 is 52.7. The van der Waals surface area contributed by atoms with Crippen molar-refractivity contribution >= 4 is 6.09 Å². The maximum atomic E-state index is 13.2. The number of amides is 1. The van der Waals surface area contributed by atoms with Gasteiger partial charge in [-0.25, -0.2) is 14.5 Å². The van der Waals surface area contributed by atoms with Crippen molar-refractivity contribution in [3.05, 3.63) is 53.2 Å². The van der Waals surface area contributed by atoms with E-state index in [0.29, 0.717) is 48.6 Å². The van der Waals surface area contributed by atoms with E-state index in [0.717, 1.165) is 12.1 Å². The van der Waals surface area contributed by atoms with Gasteiger partial charge >= 0.3 is 12.3 Å². The quantitative estimate of drug-likeness (QED) is 0.402. The lowest BCUT2D eigenvalue weighted by Crippen LogP contribution is -2.42. The second kappa shape index (κ2) is 10.0. The highest BCUT2D eigenvalue weighted by Crippen LogP contribution is 2.35. The van der Waals surface area contributed by atoms with Gasteiger partial charge in [0.1, 0.15) is 17.0 Å². The summed E-state index contributed by atoms with van der Waals surface area (Å²) in [5.41, 5.74) is 0.982. The summed E-state index contributed by atoms with van der Waals surface area (Å²) in [7, 11) is 0. The number of alkyl halides is 3. The number of rotatable bonds is 4. The maximum Gasteiger partial charge on any atom is 0.416 e. The molecule has 1 amide bonds. The number of benzene rings is 1. The van der Waals surface area contributed by atoms with Crippen LogP contribution in [-0.2, 0) is 10.9 Å². The van der Waals surface area contributed by atoms with Crippen LogP contribution < -0.4 is 4.74 Å². The molecule has 2 aromatic heterocycles. The molecule has 198 valence electrons. The number of halogens is 3. The van der Waals surface area contributed by atoms with Crippen LogP contribution in [0, 0.1) is 13.8 Å². The normalized spacial score (nSPS) is 15.1. The summed E-state index contributed by atoms with van der Waals surface area (Å²) in [4.78, 5) is 18.6. The highest BCUT2D eigenvalue weighted by molar-refractivity contribution is 5.68. The molecule has 0 N–H and O–H groups in total. The van der Waals surface area contributed by atoms with Gasteiger partial charge in [0.15, 0.2) is 0 Å². The minimum atomic E-state index is -4.48. The van der Waals surface area contributed by atoms with Crippen molar-refractivity contribution in [3.63, 3.8) is 0 Å². The molecule has 0 bridgehead atoms. The van der Waals surface area contributed by atoms with Crippen molar-refractivity contribution in [2.24, 2.45) is 0 Å². The number of carbonyl (C=O) groups is 1. The fraction of sp³-hybridized carbons (Fsp3) is 0.462. The highest BCUT2D eigenvalue weighted by atomic mass is 19.4. The van der Waals surface area contributed by atoms with Crippen LogP contribution >= 0.6 is 0 Å². The molecule has 1 fully saturated rings. The number of hydrogen-bond donors (Lipinski definition) is 0. The minimum absolute atomic E-state index is 0.00706. The Morgan fingerprint density at radius 1 is 1.05 bits per heavy atom. The van der Waals surface area contributed by atoms with Crippen molar-refractivity contribution in [2.45, 2.75) is 65.3 Å². The molecule has 0 radical (unpaired) electrons. The molecule has 1 aliphatic heterocycles. The highest BCUT2D eigenvalue weighted by Gasteiger charge is 2.32. The Labute approximate surface area is 213 Å². The Bertz CT molecular complexity index is 1280. The lowest BCUT2D eigenvalue weighted by Gasteiger charge is -2.33. The smallest absolute Gasteiger partial charge is 0.416 e. The fourth-order valence-corrected chi connectivity index (χ4v) is 4.25. The number of carbonyl (C=O) groups excluding carboxylic acids is 1. The van der Waals surface area contributed by atoms with Gasteiger partial charge in [-0.05, 0) is 77.3 Å². The molecule has 3 heterocycles. The SMILES string of the molecule is Cc1cc(Oc2cccc(-c3c(C)nnn3C3CCN(C(=O)OC(C)(C)C)CC3)n2)cc(C(F)(F)F)c1. The molecular weight excluding hydrogens is 487 g/mol. The Balaban J connectivity index is 1.53. The fourth-order valence-electron chi connectivity index (χ4n) is 4.25. The Kier molecular flexibility index (Phi) is 7.16. The van der Waals surface area contributed by atoms with E-state index in [4.69, 9.17) is 9.47 Å². The first-order valence-electron chi connectivity index (χ1n) is 12.0. The molecule has 8 nitrogen and oxygen atoms in total. The van der Waals surface area contributed by atoms with E-state index in [2.05, 4.69) is 15.3 Å². The number of ether oxygens (including phenoxy) is 2. The average Bonchev–Trinajstić information content (AvgIpc) is 3.18. The summed E-state index contributed by atoms with van der Waals surface area (Å²) in [5.74, 6) is 0.206. The zero-order chi connectivity index (χ0) is 27.0. The standard InChI is InChI=1S/C26H30F3N5O3/c1-16-13-18(26(27,28)29)15-20(14-16)36-22-8-6-7-21(30-22)23-17(2)31-32-34(23)19-9-11-33(12-10-19)24(35)37-25(3,4)5/h6-8,13-15,19H,9-12H2,1-5H3. The number of nitrogens with zero attached hydrogens (tertiary/aromatic N) is 5. The van der Waals surface area contributed by atoms with Crippen molar-refractivity contribution in [1.82, 2.24) is 24.9 Å². The lowest BCUT2D eigenvalue weighted by molar-refractivity contribution is -0.137. The Morgan fingerprint density at radius 2 is 1.76 bits per heavy atom. The van der Waals surface area contributed by atoms with Crippen LogP contribution in [0.3, 0.4) is 0 Å². The molecule has 0 saturated carbocycles. The van der Waals surface area contributed by atoms with Crippen LogP contribution in [0.15, 0.2) is 36.4 Å². The molecule has 0 aliphatic carbocycles. The van der Waals surface area contributed by atoms with E-state index in [1.165, 1.54) is 6.07 Å². The second-order valence-electron chi connectivity index (χ2n) is 10.2. The van der Waals surface area contributed by atoms with Crippen LogP contribution in [-0.4, -0.2) is 49.7 Å². The van der Waals surface area contributed by atoms with E-state index >= 15 is 0 Å². The van der Waals surface area contributed by atoms with Crippen molar-refractivity contribution in [1.29, 1.82) is 0 Å². The lowest BCUT2D eigenvalue weighted by atomic mass is 10.0. The van der Waals surface area contributed by atoms with Gasteiger partial charge in [-0.3, -0.25) is 0 Å². The number of likely N-dealkylation sites (tertiary alicyclic amines) is 1. The summed E-state index contributed by atoms with van der Waals surface area (Å²) in [6.45, 7) is 9.93. The molecule has 3 aromatic rings. The van der Waals surface area contributed by atoms with Crippen LogP contribution in [0.25, 0.3) is 11.4 Å². The van der Waals surface area contributed by atoms with E-state index in [9.17, 15) is 18.0 Å². The molecule has 0 unspecified atom stereocenters. The van der Waals surface area contributed by atoms with Gasteiger partial charge in [-0.2, -0.15) is 13.2 Å². The Morgan fingerprint density at radius 3 is 2.41 bits per heavy atom. The van der Waals surface area contributed by atoms with Gasteiger partial charge in [0, 0.05) is 19.2 Å². The third-order valence-corrected chi connectivity index (χ3v) is 5.89. The van der Waals surface area contributed by atoms with E-state index in [-0.39, 0.29) is 23.8 Å². The molecule has 1 aliphatic rings. The second-order valence-corrected chi connectivity index (χ2v) is 10.2. The predicted molar refractivity (Wildman–Crippen MR) is 130 cm³/mol. The first kappa shape index (κ1) is 26.4. The third kappa shape index (κ3) is 6.39. The van der Waals surface area contributed by atoms with E-state index in [1.54, 1.807) is 30.0 Å². The third-order valence-electron chi connectivity index (χ3n) is 5.89. The number of aryl methyl sites for hydroxylation is 2. The van der Waals surface area contributed by atoms with Crippen LogP contribution in [0.5, 0.6) is 11.6 Å². The van der Waals surface area contributed by atoms with Crippen molar-refractivity contribution in [3.8, 4) is 23.0 Å². The monoisotopic (exact) mass is 517 g/mol. The first-order valence-corrected chi connectivity index (χ1v) is 12.0. The topological polar surface area (TPSA) is 82.4 Å². The van der Waals surface area contributed by atoms with Gasteiger partial charge < -0.3 is 14.4 Å². The van der Waals surface area contributed by atoms with Gasteiger partial charge in [0.2, 0.25) is 5.88 Å². The van der Waals surface area contributed by atoms with Gasteiger partial charge in [-0.1, -0.05) is 11.3 Å². The van der Waals surface area contributed by atoms with Gasteiger partial charge in [-0.15, -0.1) is 5.10 Å². The van der Waals surface area contributed by atoms with E-state index < -0.39 is 17.3 Å². The molecule has 37 heavy (non-hydrogen) atoms. The largest absolute Gasteiger partial charge is 0.444 e. The average molecular weight is 518 g/mol. The summed E-state index contributed by atoms with van der Waals surface area (Å²) in [6, 6.07) is 8.63.